The molecule has 1 heterocycles. The summed E-state index contributed by atoms with van der Waals surface area (Å²) in [5.41, 5.74) is 2.41. The fraction of sp³-hybridized carbons (Fsp3) is 0.774. The van der Waals surface area contributed by atoms with Crippen LogP contribution in [0.25, 0.3) is 11.0 Å². The minimum Gasteiger partial charge on any atom is -0.460 e. The molecule has 4 aliphatic rings. The van der Waals surface area contributed by atoms with Crippen LogP contribution in [0.2, 0.25) is 0 Å². The number of benzene rings is 1. The summed E-state index contributed by atoms with van der Waals surface area (Å²) in [6.07, 6.45) is 10.1. The highest BCUT2D eigenvalue weighted by atomic mass is 16.5. The molecular formula is C31H46N4O2. The van der Waals surface area contributed by atoms with Crippen LogP contribution in [0.5, 0.6) is 0 Å². The Kier molecular flexibility index (Phi) is 6.41. The molecule has 4 unspecified atom stereocenters. The van der Waals surface area contributed by atoms with Crippen molar-refractivity contribution in [2.45, 2.75) is 104 Å². The highest BCUT2D eigenvalue weighted by molar-refractivity contribution is 5.74. The van der Waals surface area contributed by atoms with E-state index in [0.29, 0.717) is 17.3 Å². The van der Waals surface area contributed by atoms with Gasteiger partial charge in [-0.2, -0.15) is 0 Å². The number of nitrogens with zero attached hydrogens (tertiary/aromatic N) is 4. The van der Waals surface area contributed by atoms with E-state index in [0.717, 1.165) is 41.8 Å². The van der Waals surface area contributed by atoms with Crippen LogP contribution in [0.4, 0.5) is 0 Å². The second-order valence-corrected chi connectivity index (χ2v) is 13.2. The number of carbonyl (C=O) groups is 1. The van der Waals surface area contributed by atoms with Crippen LogP contribution in [0.15, 0.2) is 24.3 Å². The molecule has 4 saturated carbocycles. The van der Waals surface area contributed by atoms with E-state index in [9.17, 15) is 4.79 Å². The van der Waals surface area contributed by atoms with Gasteiger partial charge in [0.25, 0.3) is 0 Å². The summed E-state index contributed by atoms with van der Waals surface area (Å²) in [6, 6.07) is 9.01. The van der Waals surface area contributed by atoms with Crippen LogP contribution in [0, 0.1) is 34.5 Å². The Morgan fingerprint density at radius 3 is 2.54 bits per heavy atom. The third-order valence-corrected chi connectivity index (χ3v) is 11.9. The number of esters is 1. The van der Waals surface area contributed by atoms with E-state index in [-0.39, 0.29) is 23.5 Å². The van der Waals surface area contributed by atoms with Crippen molar-refractivity contribution < 1.29 is 9.53 Å². The summed E-state index contributed by atoms with van der Waals surface area (Å²) in [6.45, 7) is 13.6. The lowest BCUT2D eigenvalue weighted by Crippen LogP contribution is -2.56. The Bertz CT molecular complexity index is 1140. The number of hydrogen-bond donors (Lipinski definition) is 0. The van der Waals surface area contributed by atoms with Crippen LogP contribution in [0.3, 0.4) is 0 Å². The van der Waals surface area contributed by atoms with Crippen molar-refractivity contribution in [1.82, 2.24) is 19.9 Å². The summed E-state index contributed by atoms with van der Waals surface area (Å²) in [5.74, 6) is 2.72. The zero-order chi connectivity index (χ0) is 25.9. The first-order chi connectivity index (χ1) is 17.8. The molecule has 0 spiro atoms. The van der Waals surface area contributed by atoms with E-state index < -0.39 is 0 Å². The quantitative estimate of drug-likeness (QED) is 0.448. The number of aromatic nitrogens is 3. The minimum absolute atomic E-state index is 0.00776. The van der Waals surface area contributed by atoms with Crippen LogP contribution < -0.4 is 0 Å². The molecule has 1 aromatic carbocycles. The molecule has 0 N–H and O–H groups in total. The molecule has 6 rings (SSSR count). The summed E-state index contributed by atoms with van der Waals surface area (Å²) >= 11 is 0. The lowest BCUT2D eigenvalue weighted by molar-refractivity contribution is -0.164. The van der Waals surface area contributed by atoms with Crippen molar-refractivity contribution in [2.24, 2.45) is 34.5 Å². The monoisotopic (exact) mass is 506 g/mol. The van der Waals surface area contributed by atoms with Gasteiger partial charge in [-0.3, -0.25) is 4.79 Å². The second-order valence-electron chi connectivity index (χ2n) is 13.2. The number of fused-ring (bicyclic) bond motifs is 6. The normalized spacial score (nSPS) is 41.3. The van der Waals surface area contributed by atoms with Crippen molar-refractivity contribution in [3.63, 3.8) is 0 Å². The summed E-state index contributed by atoms with van der Waals surface area (Å²) in [5, 5.41) is 9.09. The fourth-order valence-corrected chi connectivity index (χ4v) is 10.0. The average molecular weight is 507 g/mol. The predicted octanol–water partition coefficient (Wildman–Crippen LogP) is 6.27. The molecule has 0 bridgehead atoms. The molecule has 6 heteroatoms. The predicted molar refractivity (Wildman–Crippen MR) is 146 cm³/mol. The van der Waals surface area contributed by atoms with Crippen LogP contribution in [0.1, 0.15) is 92.0 Å². The lowest BCUT2D eigenvalue weighted by Gasteiger charge is -2.61. The van der Waals surface area contributed by atoms with Gasteiger partial charge in [0.1, 0.15) is 11.6 Å². The number of ether oxygens (including phenoxy) is 1. The van der Waals surface area contributed by atoms with E-state index in [2.05, 4.69) is 59.7 Å². The standard InChI is InChI=1S/C31H46N4O2/c1-6-34(7-2)22-14-16-30(4)21(18-22)12-13-23-24(30)15-17-31(5)25(23)19-28(29(31)37-20(3)36)35-27-11-9-8-10-26(27)32-33-35/h8-11,21-25,28-29H,6-7,12-19H2,1-5H3/t21?,22-,23?,24?,25?,28-,29-,30-,31-/m0/s1. The largest absolute Gasteiger partial charge is 0.460 e. The van der Waals surface area contributed by atoms with E-state index >= 15 is 0 Å². The van der Waals surface area contributed by atoms with Gasteiger partial charge in [0.2, 0.25) is 0 Å². The van der Waals surface area contributed by atoms with Gasteiger partial charge in [-0.25, -0.2) is 4.68 Å². The molecule has 2 aromatic rings. The molecule has 4 aliphatic carbocycles. The maximum absolute atomic E-state index is 12.4. The van der Waals surface area contributed by atoms with Crippen molar-refractivity contribution in [1.29, 1.82) is 0 Å². The SMILES string of the molecule is CCN(CC)[C@H]1CC[C@@]2(C)C(CCC3C2CC[C@@]2(C)C3C[C@H](n3nnc4ccccc43)[C@@H]2OC(C)=O)C1. The van der Waals surface area contributed by atoms with Gasteiger partial charge in [-0.1, -0.05) is 45.0 Å². The molecule has 202 valence electrons. The minimum atomic E-state index is -0.172. The molecule has 0 amide bonds. The van der Waals surface area contributed by atoms with Gasteiger partial charge in [0, 0.05) is 18.4 Å². The van der Waals surface area contributed by atoms with E-state index in [1.54, 1.807) is 6.92 Å². The number of rotatable bonds is 5. The highest BCUT2D eigenvalue weighted by Crippen LogP contribution is 2.68. The van der Waals surface area contributed by atoms with Gasteiger partial charge in [0.15, 0.2) is 0 Å². The fourth-order valence-electron chi connectivity index (χ4n) is 10.0. The first-order valence-corrected chi connectivity index (χ1v) is 15.0. The number of hydrogen-bond acceptors (Lipinski definition) is 5. The Hall–Kier alpha value is -1.95. The Morgan fingerprint density at radius 2 is 1.78 bits per heavy atom. The average Bonchev–Trinajstić information content (AvgIpc) is 3.43. The molecule has 6 nitrogen and oxygen atoms in total. The topological polar surface area (TPSA) is 60.3 Å². The maximum atomic E-state index is 12.4. The Balaban J connectivity index is 1.31. The molecule has 9 atom stereocenters. The van der Waals surface area contributed by atoms with Crippen molar-refractivity contribution in [2.75, 3.05) is 13.1 Å². The van der Waals surface area contributed by atoms with Crippen molar-refractivity contribution in [3.8, 4) is 0 Å². The molecule has 37 heavy (non-hydrogen) atoms. The summed E-state index contributed by atoms with van der Waals surface area (Å²) in [4.78, 5) is 15.1. The third kappa shape index (κ3) is 3.87. The van der Waals surface area contributed by atoms with Gasteiger partial charge < -0.3 is 9.64 Å². The van der Waals surface area contributed by atoms with Gasteiger partial charge in [0.05, 0.1) is 11.6 Å². The highest BCUT2D eigenvalue weighted by Gasteiger charge is 2.64. The summed E-state index contributed by atoms with van der Waals surface area (Å²) in [7, 11) is 0. The van der Waals surface area contributed by atoms with Gasteiger partial charge in [-0.15, -0.1) is 5.10 Å². The molecule has 1 aromatic heterocycles. The molecule has 0 radical (unpaired) electrons. The van der Waals surface area contributed by atoms with E-state index in [4.69, 9.17) is 4.74 Å². The van der Waals surface area contributed by atoms with Crippen LogP contribution >= 0.6 is 0 Å². The second kappa shape index (κ2) is 9.36. The van der Waals surface area contributed by atoms with E-state index in [1.807, 2.05) is 12.1 Å². The maximum Gasteiger partial charge on any atom is 0.302 e. The first kappa shape index (κ1) is 25.3. The van der Waals surface area contributed by atoms with Gasteiger partial charge >= 0.3 is 5.97 Å². The molecule has 4 fully saturated rings. The van der Waals surface area contributed by atoms with Crippen LogP contribution in [-0.2, 0) is 9.53 Å². The van der Waals surface area contributed by atoms with E-state index in [1.165, 1.54) is 51.6 Å². The lowest BCUT2D eigenvalue weighted by atomic mass is 9.45. The molecular weight excluding hydrogens is 460 g/mol. The van der Waals surface area contributed by atoms with Crippen molar-refractivity contribution >= 4 is 17.0 Å². The zero-order valence-corrected chi connectivity index (χ0v) is 23.5. The Morgan fingerprint density at radius 1 is 1.03 bits per heavy atom. The zero-order valence-electron chi connectivity index (χ0n) is 23.5. The molecule has 0 saturated heterocycles. The summed E-state index contributed by atoms with van der Waals surface area (Å²) < 4.78 is 8.30. The first-order valence-electron chi connectivity index (χ1n) is 15.0. The van der Waals surface area contributed by atoms with Crippen LogP contribution in [-0.4, -0.2) is 51.1 Å². The number of carbonyl (C=O) groups excluding carboxylic acids is 1. The number of para-hydroxylation sites is 1. The van der Waals surface area contributed by atoms with Gasteiger partial charge in [-0.05, 0) is 106 Å². The smallest absolute Gasteiger partial charge is 0.302 e. The van der Waals surface area contributed by atoms with Crippen molar-refractivity contribution in [3.05, 3.63) is 24.3 Å². The molecule has 0 aliphatic heterocycles. The Labute approximate surface area is 222 Å². The third-order valence-electron chi connectivity index (χ3n) is 11.9.